The quantitative estimate of drug-likeness (QED) is 0.752. The van der Waals surface area contributed by atoms with E-state index in [0.717, 1.165) is 24.5 Å². The van der Waals surface area contributed by atoms with Gasteiger partial charge in [-0.25, -0.2) is 4.68 Å². The summed E-state index contributed by atoms with van der Waals surface area (Å²) in [5.41, 5.74) is 6.16. The predicted molar refractivity (Wildman–Crippen MR) is 75.7 cm³/mol. The van der Waals surface area contributed by atoms with Crippen LogP contribution in [-0.2, 0) is 6.54 Å². The van der Waals surface area contributed by atoms with Crippen LogP contribution in [0.1, 0.15) is 46.7 Å². The van der Waals surface area contributed by atoms with Crippen LogP contribution in [0.25, 0.3) is 0 Å². The van der Waals surface area contributed by atoms with E-state index in [4.69, 9.17) is 5.73 Å². The molecule has 0 amide bonds. The molecule has 0 aliphatic carbocycles. The molecule has 0 aliphatic heterocycles. The number of nitrogens with zero attached hydrogens (tertiary/aromatic N) is 2. The van der Waals surface area contributed by atoms with Gasteiger partial charge in [0.05, 0.1) is 22.5 Å². The first-order chi connectivity index (χ1) is 8.10. The van der Waals surface area contributed by atoms with Crippen LogP contribution in [0, 0.1) is 6.92 Å². The van der Waals surface area contributed by atoms with Gasteiger partial charge in [0, 0.05) is 6.54 Å². The van der Waals surface area contributed by atoms with Crippen LogP contribution >= 0.6 is 0 Å². The van der Waals surface area contributed by atoms with E-state index in [2.05, 4.69) is 17.3 Å². The summed E-state index contributed by atoms with van der Waals surface area (Å²) in [4.78, 5) is 0. The lowest BCUT2D eigenvalue weighted by atomic mass is 9.86. The lowest BCUT2D eigenvalue weighted by Gasteiger charge is -2.38. The number of hydrogen-bond donors (Lipinski definition) is 3. The molecule has 1 rings (SSSR count). The molecule has 1 aromatic heterocycles. The highest BCUT2D eigenvalue weighted by Gasteiger charge is 2.36. The first kappa shape index (κ1) is 14.8. The average molecular weight is 254 g/mol. The van der Waals surface area contributed by atoms with E-state index < -0.39 is 11.1 Å². The summed E-state index contributed by atoms with van der Waals surface area (Å²) in [6.45, 7) is 12.3. The largest absolute Gasteiger partial charge is 0.394 e. The average Bonchev–Trinajstić information content (AvgIpc) is 2.45. The third-order valence-electron chi connectivity index (χ3n) is 3.57. The van der Waals surface area contributed by atoms with Crippen molar-refractivity contribution in [3.8, 4) is 0 Å². The number of nitrogens with two attached hydrogens (primary N) is 1. The van der Waals surface area contributed by atoms with E-state index >= 15 is 0 Å². The fourth-order valence-electron chi connectivity index (χ4n) is 1.55. The van der Waals surface area contributed by atoms with Gasteiger partial charge < -0.3 is 16.2 Å². The molecule has 0 radical (unpaired) electrons. The molecule has 18 heavy (non-hydrogen) atoms. The number of anilines is 2. The van der Waals surface area contributed by atoms with E-state index in [-0.39, 0.29) is 0 Å². The zero-order valence-electron chi connectivity index (χ0n) is 12.3. The van der Waals surface area contributed by atoms with Crippen molar-refractivity contribution in [3.63, 3.8) is 0 Å². The molecule has 0 saturated carbocycles. The molecule has 1 heterocycles. The molecule has 0 aliphatic rings. The number of aryl methyl sites for hydroxylation is 2. The van der Waals surface area contributed by atoms with Gasteiger partial charge in [-0.1, -0.05) is 6.92 Å². The van der Waals surface area contributed by atoms with Crippen LogP contribution < -0.4 is 11.1 Å². The Balaban J connectivity index is 3.10. The van der Waals surface area contributed by atoms with Gasteiger partial charge in [0.1, 0.15) is 5.82 Å². The van der Waals surface area contributed by atoms with Gasteiger partial charge in [0.25, 0.3) is 0 Å². The highest BCUT2D eigenvalue weighted by atomic mass is 16.3. The molecule has 0 unspecified atom stereocenters. The Labute approximate surface area is 109 Å². The maximum Gasteiger partial charge on any atom is 0.148 e. The number of rotatable bonds is 5. The van der Waals surface area contributed by atoms with Crippen LogP contribution in [0.4, 0.5) is 11.5 Å². The smallest absolute Gasteiger partial charge is 0.148 e. The van der Waals surface area contributed by atoms with E-state index in [1.54, 1.807) is 13.8 Å². The summed E-state index contributed by atoms with van der Waals surface area (Å²) in [6, 6.07) is 0. The van der Waals surface area contributed by atoms with Crippen molar-refractivity contribution in [2.24, 2.45) is 0 Å². The normalized spacial score (nSPS) is 12.8. The molecule has 5 heteroatoms. The van der Waals surface area contributed by atoms with Gasteiger partial charge in [0.2, 0.25) is 0 Å². The Kier molecular flexibility index (Phi) is 3.96. The van der Waals surface area contributed by atoms with Crippen LogP contribution in [0.15, 0.2) is 0 Å². The first-order valence-corrected chi connectivity index (χ1v) is 6.43. The topological polar surface area (TPSA) is 76.1 Å². The molecule has 0 spiro atoms. The van der Waals surface area contributed by atoms with Crippen LogP contribution in [0.2, 0.25) is 0 Å². The van der Waals surface area contributed by atoms with E-state index in [9.17, 15) is 5.11 Å². The van der Waals surface area contributed by atoms with Crippen LogP contribution in [0.5, 0.6) is 0 Å². The van der Waals surface area contributed by atoms with Gasteiger partial charge in [-0.3, -0.25) is 0 Å². The number of nitrogen functional groups attached to an aromatic ring is 1. The molecule has 0 aromatic carbocycles. The molecule has 0 atom stereocenters. The Bertz CT molecular complexity index is 415. The summed E-state index contributed by atoms with van der Waals surface area (Å²) in [5.74, 6) is 0.793. The molecular formula is C13H26N4O. The molecule has 104 valence electrons. The summed E-state index contributed by atoms with van der Waals surface area (Å²) in [5, 5.41) is 17.9. The maximum atomic E-state index is 10.2. The van der Waals surface area contributed by atoms with Gasteiger partial charge in [-0.15, -0.1) is 0 Å². The van der Waals surface area contributed by atoms with Crippen molar-refractivity contribution in [2.75, 3.05) is 11.1 Å². The molecule has 4 N–H and O–H groups in total. The minimum absolute atomic E-state index is 0.501. The van der Waals surface area contributed by atoms with Crippen LogP contribution in [0.3, 0.4) is 0 Å². The van der Waals surface area contributed by atoms with Gasteiger partial charge in [0.15, 0.2) is 0 Å². The summed E-state index contributed by atoms with van der Waals surface area (Å²) in [7, 11) is 0. The maximum absolute atomic E-state index is 10.2. The Hall–Kier alpha value is -1.23. The highest BCUT2D eigenvalue weighted by Crippen LogP contribution is 2.30. The van der Waals surface area contributed by atoms with Crippen LogP contribution in [-0.4, -0.2) is 26.0 Å². The standard InChI is InChI=1S/C13H26N4O/c1-7-8-17-11(10(14)9(2)16-17)15-12(3,4)13(5,6)18/h15,18H,7-8,14H2,1-6H3. The molecule has 0 saturated heterocycles. The zero-order chi connectivity index (χ0) is 14.1. The number of hydrogen-bond acceptors (Lipinski definition) is 4. The zero-order valence-corrected chi connectivity index (χ0v) is 12.3. The van der Waals surface area contributed by atoms with Gasteiger partial charge in [-0.05, 0) is 41.0 Å². The molecule has 0 bridgehead atoms. The van der Waals surface area contributed by atoms with Crippen molar-refractivity contribution < 1.29 is 5.11 Å². The molecule has 5 nitrogen and oxygen atoms in total. The van der Waals surface area contributed by atoms with E-state index in [1.807, 2.05) is 25.5 Å². The highest BCUT2D eigenvalue weighted by molar-refractivity contribution is 5.65. The second-order valence-electron chi connectivity index (χ2n) is 5.88. The Morgan fingerprint density at radius 1 is 1.33 bits per heavy atom. The third-order valence-corrected chi connectivity index (χ3v) is 3.57. The Morgan fingerprint density at radius 2 is 1.89 bits per heavy atom. The van der Waals surface area contributed by atoms with Crippen molar-refractivity contribution in [3.05, 3.63) is 5.69 Å². The third kappa shape index (κ3) is 2.77. The first-order valence-electron chi connectivity index (χ1n) is 6.43. The molecule has 0 fully saturated rings. The fourth-order valence-corrected chi connectivity index (χ4v) is 1.55. The van der Waals surface area contributed by atoms with Crippen molar-refractivity contribution >= 4 is 11.5 Å². The number of nitrogens with one attached hydrogen (secondary N) is 1. The molecule has 1 aromatic rings. The monoisotopic (exact) mass is 254 g/mol. The second-order valence-corrected chi connectivity index (χ2v) is 5.88. The fraction of sp³-hybridized carbons (Fsp3) is 0.769. The van der Waals surface area contributed by atoms with Gasteiger partial charge >= 0.3 is 0 Å². The van der Waals surface area contributed by atoms with Crippen molar-refractivity contribution in [1.82, 2.24) is 9.78 Å². The van der Waals surface area contributed by atoms with Crippen molar-refractivity contribution in [2.45, 2.75) is 65.6 Å². The number of aromatic nitrogens is 2. The lowest BCUT2D eigenvalue weighted by Crippen LogP contribution is -2.51. The molecular weight excluding hydrogens is 228 g/mol. The van der Waals surface area contributed by atoms with E-state index in [1.165, 1.54) is 0 Å². The summed E-state index contributed by atoms with van der Waals surface area (Å²) in [6.07, 6.45) is 0.984. The second kappa shape index (κ2) is 4.80. The van der Waals surface area contributed by atoms with E-state index in [0.29, 0.717) is 5.69 Å². The minimum atomic E-state index is -0.866. The summed E-state index contributed by atoms with van der Waals surface area (Å²) < 4.78 is 1.87. The van der Waals surface area contributed by atoms with Crippen molar-refractivity contribution in [1.29, 1.82) is 0 Å². The Morgan fingerprint density at radius 3 is 2.33 bits per heavy atom. The van der Waals surface area contributed by atoms with Gasteiger partial charge in [-0.2, -0.15) is 5.10 Å². The summed E-state index contributed by atoms with van der Waals surface area (Å²) >= 11 is 0. The minimum Gasteiger partial charge on any atom is -0.394 e. The SMILES string of the molecule is CCCn1nc(C)c(N)c1NC(C)(C)C(C)(C)O. The predicted octanol–water partition coefficient (Wildman–Crippen LogP) is 2.15. The number of aliphatic hydroxyl groups is 1. The lowest BCUT2D eigenvalue weighted by molar-refractivity contribution is 0.0237.